The first-order valence-electron chi connectivity index (χ1n) is 9.50. The molecule has 3 nitrogen and oxygen atoms in total. The number of carbonyl (C=O) groups is 1. The second-order valence-corrected chi connectivity index (χ2v) is 6.84. The Labute approximate surface area is 173 Å². The molecule has 0 saturated carbocycles. The van der Waals surface area contributed by atoms with Gasteiger partial charge < -0.3 is 9.47 Å². The zero-order valence-electron chi connectivity index (χ0n) is 16.4. The van der Waals surface area contributed by atoms with E-state index >= 15 is 0 Å². The summed E-state index contributed by atoms with van der Waals surface area (Å²) in [6, 6.07) is 21.3. The topological polar surface area (TPSA) is 35.5 Å². The van der Waals surface area contributed by atoms with Crippen molar-refractivity contribution < 1.29 is 27.4 Å². The quantitative estimate of drug-likeness (QED) is 0.248. The van der Waals surface area contributed by atoms with Crippen LogP contribution in [-0.4, -0.2) is 18.8 Å². The van der Waals surface area contributed by atoms with Crippen molar-refractivity contribution in [1.29, 1.82) is 0 Å². The first-order chi connectivity index (χ1) is 14.3. The summed E-state index contributed by atoms with van der Waals surface area (Å²) in [5.74, 6) is 0.311. The van der Waals surface area contributed by atoms with E-state index in [2.05, 4.69) is 0 Å². The molecule has 0 radical (unpaired) electrons. The summed E-state index contributed by atoms with van der Waals surface area (Å²) in [5.41, 5.74) is 3.19. The molecule has 0 bridgehead atoms. The van der Waals surface area contributed by atoms with Gasteiger partial charge in [-0.15, -0.1) is 0 Å². The van der Waals surface area contributed by atoms with Crippen LogP contribution < -0.4 is 9.47 Å². The van der Waals surface area contributed by atoms with Crippen molar-refractivity contribution in [2.45, 2.75) is 25.9 Å². The lowest BCUT2D eigenvalue weighted by molar-refractivity contribution is -0.136. The number of alkyl halides is 3. The third kappa shape index (κ3) is 6.11. The Balaban J connectivity index is 1.63. The maximum absolute atomic E-state index is 12.5. The third-order valence-electron chi connectivity index (χ3n) is 4.42. The van der Waals surface area contributed by atoms with Crippen LogP contribution in [-0.2, 0) is 0 Å². The van der Waals surface area contributed by atoms with Gasteiger partial charge in [0.25, 0.3) is 0 Å². The fourth-order valence-corrected chi connectivity index (χ4v) is 2.84. The van der Waals surface area contributed by atoms with Crippen LogP contribution in [0.15, 0.2) is 72.8 Å². The fraction of sp³-hybridized carbons (Fsp3) is 0.208. The molecule has 0 atom stereocenters. The Hall–Kier alpha value is -3.28. The minimum atomic E-state index is -4.19. The molecule has 3 aromatic carbocycles. The molecule has 0 aliphatic heterocycles. The molecular weight excluding hydrogens is 393 g/mol. The molecule has 30 heavy (non-hydrogen) atoms. The SMILES string of the molecule is Cc1ccc(-c2ccccc2OC(=O)c2ccc(OCCCC(F)(F)F)cc2)cc1. The molecule has 0 aromatic heterocycles. The molecule has 3 aromatic rings. The maximum Gasteiger partial charge on any atom is 0.389 e. The first kappa shape index (κ1) is 21.4. The molecule has 0 spiro atoms. The molecule has 0 unspecified atom stereocenters. The van der Waals surface area contributed by atoms with E-state index in [-0.39, 0.29) is 13.0 Å². The molecule has 0 saturated heterocycles. The van der Waals surface area contributed by atoms with Crippen LogP contribution >= 0.6 is 0 Å². The lowest BCUT2D eigenvalue weighted by Gasteiger charge is -2.11. The molecule has 0 heterocycles. The van der Waals surface area contributed by atoms with Crippen molar-refractivity contribution in [1.82, 2.24) is 0 Å². The van der Waals surface area contributed by atoms with Gasteiger partial charge in [-0.2, -0.15) is 13.2 Å². The van der Waals surface area contributed by atoms with Crippen LogP contribution in [0, 0.1) is 6.92 Å². The van der Waals surface area contributed by atoms with Crippen molar-refractivity contribution in [2.75, 3.05) is 6.61 Å². The average Bonchev–Trinajstić information content (AvgIpc) is 2.72. The van der Waals surface area contributed by atoms with Crippen LogP contribution in [0.5, 0.6) is 11.5 Å². The van der Waals surface area contributed by atoms with Crippen molar-refractivity contribution in [3.8, 4) is 22.6 Å². The summed E-state index contributed by atoms with van der Waals surface area (Å²) in [6.07, 6.45) is -5.20. The van der Waals surface area contributed by atoms with E-state index in [9.17, 15) is 18.0 Å². The zero-order valence-corrected chi connectivity index (χ0v) is 16.4. The minimum Gasteiger partial charge on any atom is -0.494 e. The van der Waals surface area contributed by atoms with Crippen LogP contribution in [0.1, 0.15) is 28.8 Å². The third-order valence-corrected chi connectivity index (χ3v) is 4.42. The van der Waals surface area contributed by atoms with Gasteiger partial charge in [0.15, 0.2) is 0 Å². The Bertz CT molecular complexity index is 978. The summed E-state index contributed by atoms with van der Waals surface area (Å²) in [4.78, 5) is 12.5. The molecule has 0 amide bonds. The predicted molar refractivity (Wildman–Crippen MR) is 109 cm³/mol. The molecule has 0 N–H and O–H groups in total. The highest BCUT2D eigenvalue weighted by molar-refractivity contribution is 5.92. The van der Waals surface area contributed by atoms with Crippen LogP contribution in [0.4, 0.5) is 13.2 Å². The van der Waals surface area contributed by atoms with E-state index in [1.807, 2.05) is 43.3 Å². The summed E-state index contributed by atoms with van der Waals surface area (Å²) in [6.45, 7) is 1.95. The van der Waals surface area contributed by atoms with E-state index < -0.39 is 18.6 Å². The average molecular weight is 414 g/mol. The highest BCUT2D eigenvalue weighted by atomic mass is 19.4. The van der Waals surface area contributed by atoms with E-state index in [0.717, 1.165) is 16.7 Å². The van der Waals surface area contributed by atoms with Gasteiger partial charge in [0.05, 0.1) is 12.2 Å². The van der Waals surface area contributed by atoms with Crippen molar-refractivity contribution >= 4 is 5.97 Å². The first-order valence-corrected chi connectivity index (χ1v) is 9.50. The number of rotatable bonds is 7. The summed E-state index contributed by atoms with van der Waals surface area (Å²) in [7, 11) is 0. The van der Waals surface area contributed by atoms with Crippen molar-refractivity contribution in [2.24, 2.45) is 0 Å². The number of halogens is 3. The second-order valence-electron chi connectivity index (χ2n) is 6.84. The zero-order chi connectivity index (χ0) is 21.6. The number of hydrogen-bond acceptors (Lipinski definition) is 3. The van der Waals surface area contributed by atoms with Crippen LogP contribution in [0.25, 0.3) is 11.1 Å². The molecule has 3 rings (SSSR count). The van der Waals surface area contributed by atoms with E-state index in [4.69, 9.17) is 9.47 Å². The normalized spacial score (nSPS) is 11.2. The summed E-state index contributed by atoms with van der Waals surface area (Å²) < 4.78 is 47.3. The summed E-state index contributed by atoms with van der Waals surface area (Å²) in [5, 5.41) is 0. The Morgan fingerprint density at radius 1 is 0.900 bits per heavy atom. The number of ether oxygens (including phenoxy) is 2. The highest BCUT2D eigenvalue weighted by Crippen LogP contribution is 2.30. The van der Waals surface area contributed by atoms with Crippen LogP contribution in [0.3, 0.4) is 0 Å². The van der Waals surface area contributed by atoms with Gasteiger partial charge in [0.2, 0.25) is 0 Å². The van der Waals surface area contributed by atoms with E-state index in [1.54, 1.807) is 12.1 Å². The largest absolute Gasteiger partial charge is 0.494 e. The lowest BCUT2D eigenvalue weighted by atomic mass is 10.0. The number of esters is 1. The molecular formula is C24H21F3O3. The van der Waals surface area contributed by atoms with Gasteiger partial charge in [-0.1, -0.05) is 48.0 Å². The highest BCUT2D eigenvalue weighted by Gasteiger charge is 2.26. The molecule has 0 fully saturated rings. The number of benzene rings is 3. The fourth-order valence-electron chi connectivity index (χ4n) is 2.84. The van der Waals surface area contributed by atoms with Gasteiger partial charge >= 0.3 is 12.1 Å². The Kier molecular flexibility index (Phi) is 6.77. The van der Waals surface area contributed by atoms with Crippen molar-refractivity contribution in [3.05, 3.63) is 83.9 Å². The monoisotopic (exact) mass is 414 g/mol. The summed E-state index contributed by atoms with van der Waals surface area (Å²) >= 11 is 0. The number of carbonyl (C=O) groups excluding carboxylic acids is 1. The standard InChI is InChI=1S/C24H21F3O3/c1-17-7-9-18(10-8-17)21-5-2-3-6-22(21)30-23(28)19-11-13-20(14-12-19)29-16-4-15-24(25,26)27/h2-3,5-14H,4,15-16H2,1H3. The predicted octanol–water partition coefficient (Wildman–Crippen LogP) is 6.60. The van der Waals surface area contributed by atoms with Gasteiger partial charge in [-0.05, 0) is 49.2 Å². The molecule has 6 heteroatoms. The molecule has 0 aliphatic rings. The van der Waals surface area contributed by atoms with Gasteiger partial charge in [-0.25, -0.2) is 4.79 Å². The number of hydrogen-bond donors (Lipinski definition) is 0. The second kappa shape index (κ2) is 9.48. The lowest BCUT2D eigenvalue weighted by Crippen LogP contribution is -2.10. The Morgan fingerprint density at radius 3 is 2.23 bits per heavy atom. The van der Waals surface area contributed by atoms with E-state index in [1.165, 1.54) is 24.3 Å². The Morgan fingerprint density at radius 2 is 1.57 bits per heavy atom. The van der Waals surface area contributed by atoms with Gasteiger partial charge in [0, 0.05) is 12.0 Å². The van der Waals surface area contributed by atoms with E-state index in [0.29, 0.717) is 17.1 Å². The number of para-hydroxylation sites is 1. The molecule has 0 aliphatic carbocycles. The smallest absolute Gasteiger partial charge is 0.389 e. The minimum absolute atomic E-state index is 0.0484. The van der Waals surface area contributed by atoms with Crippen molar-refractivity contribution in [3.63, 3.8) is 0 Å². The van der Waals surface area contributed by atoms with Gasteiger partial charge in [-0.3, -0.25) is 0 Å². The number of aryl methyl sites for hydroxylation is 1. The van der Waals surface area contributed by atoms with Gasteiger partial charge in [0.1, 0.15) is 11.5 Å². The molecule has 156 valence electrons. The van der Waals surface area contributed by atoms with Crippen LogP contribution in [0.2, 0.25) is 0 Å². The maximum atomic E-state index is 12.5.